The van der Waals surface area contributed by atoms with Gasteiger partial charge in [0.25, 0.3) is 0 Å². The molecule has 2 aliphatic rings. The summed E-state index contributed by atoms with van der Waals surface area (Å²) < 4.78 is 5.54. The molecule has 1 aliphatic heterocycles. The highest BCUT2D eigenvalue weighted by Gasteiger charge is 2.38. The van der Waals surface area contributed by atoms with E-state index in [0.717, 1.165) is 30.8 Å². The van der Waals surface area contributed by atoms with Crippen LogP contribution >= 0.6 is 0 Å². The number of carbonyl (C=O) groups excluding carboxylic acids is 1. The maximum atomic E-state index is 13.2. The fourth-order valence-corrected chi connectivity index (χ4v) is 4.95. The molecule has 0 spiro atoms. The SMILES string of the molecule is CCN(CC)C(=O)C1C=C2c3cccc4[nH]cc(c34)CC2N(Cc2cnco2)C1. The van der Waals surface area contributed by atoms with Gasteiger partial charge in [0.15, 0.2) is 6.39 Å². The third-order valence-electron chi connectivity index (χ3n) is 6.36. The van der Waals surface area contributed by atoms with Gasteiger partial charge in [-0.15, -0.1) is 0 Å². The summed E-state index contributed by atoms with van der Waals surface area (Å²) in [5.74, 6) is 0.883. The Hall–Kier alpha value is -2.86. The highest BCUT2D eigenvalue weighted by atomic mass is 16.3. The molecule has 29 heavy (non-hydrogen) atoms. The number of benzene rings is 1. The first-order valence-electron chi connectivity index (χ1n) is 10.4. The molecule has 6 heteroatoms. The second-order valence-corrected chi connectivity index (χ2v) is 7.90. The van der Waals surface area contributed by atoms with Gasteiger partial charge < -0.3 is 14.3 Å². The van der Waals surface area contributed by atoms with E-state index in [2.05, 4.69) is 45.3 Å². The lowest BCUT2D eigenvalue weighted by Gasteiger charge is -2.42. The molecule has 5 rings (SSSR count). The summed E-state index contributed by atoms with van der Waals surface area (Å²) in [6, 6.07) is 6.64. The molecule has 3 aromatic rings. The van der Waals surface area contributed by atoms with E-state index >= 15 is 0 Å². The molecule has 1 aromatic carbocycles. The molecule has 0 radical (unpaired) electrons. The molecule has 0 bridgehead atoms. The Labute approximate surface area is 170 Å². The minimum absolute atomic E-state index is 0.153. The number of nitrogens with zero attached hydrogens (tertiary/aromatic N) is 3. The van der Waals surface area contributed by atoms with Crippen molar-refractivity contribution in [3.63, 3.8) is 0 Å². The first-order valence-corrected chi connectivity index (χ1v) is 10.4. The van der Waals surface area contributed by atoms with Crippen LogP contribution in [0.25, 0.3) is 16.5 Å². The summed E-state index contributed by atoms with van der Waals surface area (Å²) in [5.41, 5.74) is 5.01. The normalized spacial score (nSPS) is 21.1. The summed E-state index contributed by atoms with van der Waals surface area (Å²) in [6.07, 6.45) is 8.53. The lowest BCUT2D eigenvalue weighted by molar-refractivity contribution is -0.134. The van der Waals surface area contributed by atoms with Crippen molar-refractivity contribution in [2.45, 2.75) is 32.9 Å². The summed E-state index contributed by atoms with van der Waals surface area (Å²) in [5, 5.41) is 1.30. The van der Waals surface area contributed by atoms with Crippen LogP contribution < -0.4 is 0 Å². The van der Waals surface area contributed by atoms with E-state index < -0.39 is 0 Å². The van der Waals surface area contributed by atoms with Crippen LogP contribution in [0.15, 0.2) is 47.5 Å². The van der Waals surface area contributed by atoms with Crippen LogP contribution in [-0.4, -0.2) is 51.4 Å². The van der Waals surface area contributed by atoms with Crippen LogP contribution in [0, 0.1) is 5.92 Å². The molecule has 3 heterocycles. The summed E-state index contributed by atoms with van der Waals surface area (Å²) in [4.78, 5) is 25.0. The predicted molar refractivity (Wildman–Crippen MR) is 112 cm³/mol. The van der Waals surface area contributed by atoms with Crippen LogP contribution in [0.2, 0.25) is 0 Å². The molecule has 2 unspecified atom stereocenters. The Balaban J connectivity index is 1.59. The molecule has 1 amide bonds. The number of carbonyl (C=O) groups is 1. The average molecular weight is 390 g/mol. The zero-order valence-corrected chi connectivity index (χ0v) is 16.9. The van der Waals surface area contributed by atoms with Crippen molar-refractivity contribution in [2.24, 2.45) is 5.92 Å². The zero-order valence-electron chi connectivity index (χ0n) is 16.9. The second kappa shape index (κ2) is 7.19. The molecule has 0 fully saturated rings. The van der Waals surface area contributed by atoms with Crippen molar-refractivity contribution in [1.82, 2.24) is 19.8 Å². The van der Waals surface area contributed by atoms with E-state index in [1.165, 1.54) is 28.5 Å². The molecule has 1 N–H and O–H groups in total. The Morgan fingerprint density at radius 2 is 2.21 bits per heavy atom. The number of aromatic amines is 1. The van der Waals surface area contributed by atoms with E-state index in [1.54, 1.807) is 6.20 Å². The number of aromatic nitrogens is 2. The van der Waals surface area contributed by atoms with Crippen LogP contribution in [0.5, 0.6) is 0 Å². The summed E-state index contributed by atoms with van der Waals surface area (Å²) >= 11 is 0. The van der Waals surface area contributed by atoms with Gasteiger partial charge in [-0.3, -0.25) is 9.69 Å². The van der Waals surface area contributed by atoms with Crippen molar-refractivity contribution >= 4 is 22.4 Å². The molecule has 150 valence electrons. The minimum atomic E-state index is -0.153. The first kappa shape index (κ1) is 18.2. The topological polar surface area (TPSA) is 65.4 Å². The Kier molecular flexibility index (Phi) is 4.51. The van der Waals surface area contributed by atoms with Crippen LogP contribution in [0.3, 0.4) is 0 Å². The maximum absolute atomic E-state index is 13.2. The van der Waals surface area contributed by atoms with Gasteiger partial charge in [0.2, 0.25) is 5.91 Å². The van der Waals surface area contributed by atoms with E-state index in [1.807, 2.05) is 18.7 Å². The van der Waals surface area contributed by atoms with E-state index in [-0.39, 0.29) is 17.9 Å². The summed E-state index contributed by atoms with van der Waals surface area (Å²) in [7, 11) is 0. The Bertz CT molecular complexity index is 1060. The van der Waals surface area contributed by atoms with Gasteiger partial charge in [-0.05, 0) is 43.0 Å². The number of fused-ring (bicyclic) bond motifs is 2. The van der Waals surface area contributed by atoms with Gasteiger partial charge in [0.05, 0.1) is 18.7 Å². The van der Waals surface area contributed by atoms with E-state index in [4.69, 9.17) is 4.42 Å². The molecule has 0 saturated carbocycles. The van der Waals surface area contributed by atoms with Crippen molar-refractivity contribution in [2.75, 3.05) is 19.6 Å². The number of H-pyrrole nitrogens is 1. The highest BCUT2D eigenvalue weighted by molar-refractivity contribution is 5.99. The van der Waals surface area contributed by atoms with Gasteiger partial charge in [0, 0.05) is 42.8 Å². The number of nitrogens with one attached hydrogen (secondary N) is 1. The number of oxazole rings is 1. The van der Waals surface area contributed by atoms with Crippen molar-refractivity contribution < 1.29 is 9.21 Å². The number of hydrogen-bond acceptors (Lipinski definition) is 4. The fourth-order valence-electron chi connectivity index (χ4n) is 4.95. The number of amides is 1. The molecular formula is C23H26N4O2. The minimum Gasteiger partial charge on any atom is -0.447 e. The van der Waals surface area contributed by atoms with E-state index in [0.29, 0.717) is 13.1 Å². The second-order valence-electron chi connectivity index (χ2n) is 7.90. The molecule has 6 nitrogen and oxygen atoms in total. The molecule has 1 aliphatic carbocycles. The average Bonchev–Trinajstić information content (AvgIpc) is 3.40. The fraction of sp³-hybridized carbons (Fsp3) is 0.391. The molecule has 2 atom stereocenters. The lowest BCUT2D eigenvalue weighted by Crippen LogP contribution is -2.48. The van der Waals surface area contributed by atoms with Crippen molar-refractivity contribution in [3.8, 4) is 0 Å². The lowest BCUT2D eigenvalue weighted by atomic mass is 9.79. The zero-order chi connectivity index (χ0) is 20.0. The third kappa shape index (κ3) is 2.99. The Morgan fingerprint density at radius 3 is 2.97 bits per heavy atom. The molecule has 0 saturated heterocycles. The highest BCUT2D eigenvalue weighted by Crippen LogP contribution is 2.41. The van der Waals surface area contributed by atoms with Gasteiger partial charge in [-0.25, -0.2) is 4.98 Å². The largest absolute Gasteiger partial charge is 0.447 e. The summed E-state index contributed by atoms with van der Waals surface area (Å²) in [6.45, 7) is 6.90. The van der Waals surface area contributed by atoms with Crippen molar-refractivity contribution in [1.29, 1.82) is 0 Å². The predicted octanol–water partition coefficient (Wildman–Crippen LogP) is 3.46. The van der Waals surface area contributed by atoms with Crippen LogP contribution in [0.1, 0.15) is 30.7 Å². The van der Waals surface area contributed by atoms with Gasteiger partial charge in [-0.2, -0.15) is 0 Å². The third-order valence-corrected chi connectivity index (χ3v) is 6.36. The smallest absolute Gasteiger partial charge is 0.230 e. The van der Waals surface area contributed by atoms with Crippen molar-refractivity contribution in [3.05, 3.63) is 59.9 Å². The van der Waals surface area contributed by atoms with Gasteiger partial charge in [0.1, 0.15) is 5.76 Å². The number of rotatable bonds is 5. The Morgan fingerprint density at radius 1 is 1.34 bits per heavy atom. The van der Waals surface area contributed by atoms with Crippen LogP contribution in [-0.2, 0) is 17.8 Å². The monoisotopic (exact) mass is 390 g/mol. The standard InChI is InChI=1S/C23H26N4O2/c1-3-26(4-2)23(28)16-8-19-18-6-5-7-20-22(18)15(10-25-20)9-21(19)27(12-16)13-17-11-24-14-29-17/h5-8,10-11,14,16,21,25H,3-4,9,12-13H2,1-2H3. The van der Waals surface area contributed by atoms with E-state index in [9.17, 15) is 4.79 Å². The van der Waals surface area contributed by atoms with Crippen LogP contribution in [0.4, 0.5) is 0 Å². The molecular weight excluding hydrogens is 364 g/mol. The first-order chi connectivity index (χ1) is 14.2. The number of hydrogen-bond donors (Lipinski definition) is 1. The maximum Gasteiger partial charge on any atom is 0.230 e. The quantitative estimate of drug-likeness (QED) is 0.725. The van der Waals surface area contributed by atoms with Gasteiger partial charge >= 0.3 is 0 Å². The molecule has 2 aromatic heterocycles. The van der Waals surface area contributed by atoms with Gasteiger partial charge in [-0.1, -0.05) is 18.2 Å².